The molecule has 7 heteroatoms. The maximum Gasteiger partial charge on any atom is 0.146 e. The zero-order valence-electron chi connectivity index (χ0n) is 18.2. The molecule has 4 rings (SSSR count). The fraction of sp³-hybridized carbons (Fsp3) is 0.478. The molecule has 0 spiro atoms. The van der Waals surface area contributed by atoms with Gasteiger partial charge in [0, 0.05) is 24.0 Å². The van der Waals surface area contributed by atoms with Crippen molar-refractivity contribution in [1.29, 1.82) is 0 Å². The van der Waals surface area contributed by atoms with Crippen molar-refractivity contribution in [1.82, 2.24) is 14.9 Å². The van der Waals surface area contributed by atoms with Crippen LogP contribution in [0.5, 0.6) is 5.75 Å². The van der Waals surface area contributed by atoms with Gasteiger partial charge >= 0.3 is 0 Å². The van der Waals surface area contributed by atoms with Gasteiger partial charge in [-0.25, -0.2) is 9.97 Å². The number of aryl methyl sites for hydroxylation is 2. The molecule has 3 heterocycles. The van der Waals surface area contributed by atoms with Gasteiger partial charge in [-0.15, -0.1) is 11.3 Å². The summed E-state index contributed by atoms with van der Waals surface area (Å²) in [7, 11) is 0. The van der Waals surface area contributed by atoms with E-state index in [1.165, 1.54) is 16.0 Å². The van der Waals surface area contributed by atoms with Crippen molar-refractivity contribution in [2.24, 2.45) is 0 Å². The molecule has 1 unspecified atom stereocenters. The second kappa shape index (κ2) is 9.29. The third kappa shape index (κ3) is 4.58. The van der Waals surface area contributed by atoms with Crippen LogP contribution in [0.1, 0.15) is 41.7 Å². The lowest BCUT2D eigenvalue weighted by Gasteiger charge is -2.26. The summed E-state index contributed by atoms with van der Waals surface area (Å²) in [5.41, 5.74) is 2.46. The summed E-state index contributed by atoms with van der Waals surface area (Å²) in [5, 5.41) is 4.80. The van der Waals surface area contributed by atoms with Gasteiger partial charge in [0.05, 0.1) is 31.8 Å². The van der Waals surface area contributed by atoms with Crippen LogP contribution in [0.25, 0.3) is 10.2 Å². The maximum atomic E-state index is 5.57. The molecule has 0 bridgehead atoms. The van der Waals surface area contributed by atoms with Gasteiger partial charge < -0.3 is 14.8 Å². The zero-order valence-corrected chi connectivity index (χ0v) is 19.0. The van der Waals surface area contributed by atoms with E-state index in [4.69, 9.17) is 19.4 Å². The topological polar surface area (TPSA) is 59.5 Å². The van der Waals surface area contributed by atoms with Crippen LogP contribution in [-0.4, -0.2) is 47.8 Å². The molecule has 30 heavy (non-hydrogen) atoms. The molecule has 1 fully saturated rings. The summed E-state index contributed by atoms with van der Waals surface area (Å²) in [6.45, 7) is 13.3. The normalized spacial score (nSPS) is 16.0. The van der Waals surface area contributed by atoms with Gasteiger partial charge in [-0.1, -0.05) is 12.1 Å². The highest BCUT2D eigenvalue weighted by molar-refractivity contribution is 7.18. The van der Waals surface area contributed by atoms with Crippen molar-refractivity contribution < 1.29 is 9.47 Å². The van der Waals surface area contributed by atoms with Crippen LogP contribution in [0.3, 0.4) is 0 Å². The van der Waals surface area contributed by atoms with Gasteiger partial charge in [-0.05, 0) is 51.0 Å². The number of morpholine rings is 1. The number of benzene rings is 1. The van der Waals surface area contributed by atoms with E-state index in [1.807, 2.05) is 19.1 Å². The molecule has 1 saturated heterocycles. The summed E-state index contributed by atoms with van der Waals surface area (Å²) in [4.78, 5) is 14.6. The molecule has 0 amide bonds. The average molecular weight is 427 g/mol. The van der Waals surface area contributed by atoms with Crippen molar-refractivity contribution in [3.8, 4) is 5.75 Å². The van der Waals surface area contributed by atoms with Gasteiger partial charge in [-0.2, -0.15) is 0 Å². The fourth-order valence-electron chi connectivity index (χ4n) is 3.74. The molecular formula is C23H30N4O2S. The van der Waals surface area contributed by atoms with Gasteiger partial charge in [-0.3, -0.25) is 4.90 Å². The van der Waals surface area contributed by atoms with Crippen LogP contribution < -0.4 is 10.1 Å². The number of nitrogens with one attached hydrogen (secondary N) is 1. The zero-order chi connectivity index (χ0) is 21.1. The molecule has 2 aromatic heterocycles. The molecule has 1 N–H and O–H groups in total. The minimum atomic E-state index is 0.120. The number of rotatable bonds is 7. The smallest absolute Gasteiger partial charge is 0.146 e. The minimum Gasteiger partial charge on any atom is -0.494 e. The lowest BCUT2D eigenvalue weighted by molar-refractivity contribution is 0.0331. The molecular weight excluding hydrogens is 396 g/mol. The molecule has 0 aliphatic carbocycles. The predicted molar refractivity (Wildman–Crippen MR) is 123 cm³/mol. The second-order valence-corrected chi connectivity index (χ2v) is 8.91. The Morgan fingerprint density at radius 2 is 1.90 bits per heavy atom. The Labute approximate surface area is 182 Å². The van der Waals surface area contributed by atoms with Crippen molar-refractivity contribution >= 4 is 27.4 Å². The first-order valence-corrected chi connectivity index (χ1v) is 11.4. The predicted octanol–water partition coefficient (Wildman–Crippen LogP) is 4.71. The Kier molecular flexibility index (Phi) is 6.51. The van der Waals surface area contributed by atoms with Crippen LogP contribution in [-0.2, 0) is 11.3 Å². The maximum absolute atomic E-state index is 5.57. The van der Waals surface area contributed by atoms with E-state index < -0.39 is 0 Å². The summed E-state index contributed by atoms with van der Waals surface area (Å²) >= 11 is 1.75. The van der Waals surface area contributed by atoms with E-state index in [0.717, 1.165) is 60.5 Å². The van der Waals surface area contributed by atoms with Crippen molar-refractivity contribution in [3.05, 3.63) is 46.1 Å². The molecule has 1 aliphatic heterocycles. The molecule has 1 atom stereocenters. The molecule has 1 aliphatic rings. The Hall–Kier alpha value is -2.22. The van der Waals surface area contributed by atoms with Crippen LogP contribution in [0.15, 0.2) is 24.3 Å². The summed E-state index contributed by atoms with van der Waals surface area (Å²) in [5.74, 6) is 2.69. The molecule has 6 nitrogen and oxygen atoms in total. The van der Waals surface area contributed by atoms with Gasteiger partial charge in [0.2, 0.25) is 0 Å². The number of hydrogen-bond acceptors (Lipinski definition) is 7. The van der Waals surface area contributed by atoms with E-state index in [1.54, 1.807) is 11.3 Å². The Bertz CT molecular complexity index is 997. The van der Waals surface area contributed by atoms with Crippen molar-refractivity contribution in [3.63, 3.8) is 0 Å². The number of nitrogens with zero attached hydrogens (tertiary/aromatic N) is 3. The lowest BCUT2D eigenvalue weighted by Crippen LogP contribution is -2.36. The van der Waals surface area contributed by atoms with Crippen LogP contribution in [0.2, 0.25) is 0 Å². The molecule has 1 aromatic carbocycles. The van der Waals surface area contributed by atoms with Crippen molar-refractivity contribution in [2.45, 2.75) is 40.3 Å². The van der Waals surface area contributed by atoms with E-state index in [0.29, 0.717) is 6.61 Å². The Morgan fingerprint density at radius 3 is 2.60 bits per heavy atom. The monoisotopic (exact) mass is 426 g/mol. The fourth-order valence-corrected chi connectivity index (χ4v) is 4.78. The average Bonchev–Trinajstić information content (AvgIpc) is 3.03. The van der Waals surface area contributed by atoms with Gasteiger partial charge in [0.15, 0.2) is 0 Å². The number of thiophene rings is 1. The van der Waals surface area contributed by atoms with E-state index in [9.17, 15) is 0 Å². The van der Waals surface area contributed by atoms with Crippen molar-refractivity contribution in [2.75, 3.05) is 38.2 Å². The van der Waals surface area contributed by atoms with E-state index in [2.05, 4.69) is 43.1 Å². The minimum absolute atomic E-state index is 0.120. The SMILES string of the molecule is CCOc1ccc(C(C)Nc2nc(CN3CCOCC3)nc3sc(C)c(C)c23)cc1. The lowest BCUT2D eigenvalue weighted by atomic mass is 10.1. The quantitative estimate of drug-likeness (QED) is 0.590. The van der Waals surface area contributed by atoms with Gasteiger partial charge in [0.1, 0.15) is 22.2 Å². The summed E-state index contributed by atoms with van der Waals surface area (Å²) in [6, 6.07) is 8.39. The van der Waals surface area contributed by atoms with Crippen LogP contribution in [0, 0.1) is 13.8 Å². The summed E-state index contributed by atoms with van der Waals surface area (Å²) in [6.07, 6.45) is 0. The van der Waals surface area contributed by atoms with Crippen LogP contribution >= 0.6 is 11.3 Å². The van der Waals surface area contributed by atoms with Gasteiger partial charge in [0.25, 0.3) is 0 Å². The largest absolute Gasteiger partial charge is 0.494 e. The number of fused-ring (bicyclic) bond motifs is 1. The number of ether oxygens (including phenoxy) is 2. The number of anilines is 1. The Balaban J connectivity index is 1.62. The highest BCUT2D eigenvalue weighted by Crippen LogP contribution is 2.35. The molecule has 0 radical (unpaired) electrons. The van der Waals surface area contributed by atoms with Crippen LogP contribution in [0.4, 0.5) is 5.82 Å². The third-order valence-corrected chi connectivity index (χ3v) is 6.69. The summed E-state index contributed by atoms with van der Waals surface area (Å²) < 4.78 is 11.0. The third-order valence-electron chi connectivity index (χ3n) is 5.59. The Morgan fingerprint density at radius 1 is 1.17 bits per heavy atom. The first-order valence-electron chi connectivity index (χ1n) is 10.6. The molecule has 3 aromatic rings. The van der Waals surface area contributed by atoms with E-state index >= 15 is 0 Å². The van der Waals surface area contributed by atoms with E-state index in [-0.39, 0.29) is 6.04 Å². The molecule has 0 saturated carbocycles. The first kappa shape index (κ1) is 21.0. The highest BCUT2D eigenvalue weighted by Gasteiger charge is 2.19. The second-order valence-electron chi connectivity index (χ2n) is 7.71. The number of aromatic nitrogens is 2. The number of hydrogen-bond donors (Lipinski definition) is 1. The first-order chi connectivity index (χ1) is 14.5. The molecule has 160 valence electrons. The highest BCUT2D eigenvalue weighted by atomic mass is 32.1. The standard InChI is InChI=1S/C23H30N4O2S/c1-5-29-19-8-6-18(7-9-19)16(3)24-22-21-15(2)17(4)30-23(21)26-20(25-22)14-27-10-12-28-13-11-27/h6-9,16H,5,10-14H2,1-4H3,(H,24,25,26).